The molecule has 2 amide bonds. The molecule has 1 fully saturated rings. The van der Waals surface area contributed by atoms with E-state index in [1.54, 1.807) is 0 Å². The van der Waals surface area contributed by atoms with Crippen LogP contribution in [0.2, 0.25) is 0 Å². The number of nitrogens with zero attached hydrogens (tertiary/aromatic N) is 1. The molecule has 6 nitrogen and oxygen atoms in total. The Morgan fingerprint density at radius 3 is 2.46 bits per heavy atom. The second-order valence-corrected chi connectivity index (χ2v) is 9.08. The lowest BCUT2D eigenvalue weighted by molar-refractivity contribution is 0.0509. The number of hydrogen-bond donors (Lipinski definition) is 2. The number of hydrogen-bond acceptors (Lipinski definition) is 4. The maximum absolute atomic E-state index is 13.1. The molecule has 0 saturated heterocycles. The van der Waals surface area contributed by atoms with Crippen molar-refractivity contribution in [1.29, 1.82) is 0 Å². The first kappa shape index (κ1) is 20.1. The van der Waals surface area contributed by atoms with Crippen LogP contribution in [-0.2, 0) is 4.74 Å². The zero-order chi connectivity index (χ0) is 20.5. The van der Waals surface area contributed by atoms with Crippen LogP contribution in [0.3, 0.4) is 0 Å². The molecule has 150 valence electrons. The van der Waals surface area contributed by atoms with Crippen molar-refractivity contribution in [2.24, 2.45) is 0 Å². The molecule has 2 aromatic rings. The highest BCUT2D eigenvalue weighted by molar-refractivity contribution is 6.06. The summed E-state index contributed by atoms with van der Waals surface area (Å²) in [6, 6.07) is 9.61. The van der Waals surface area contributed by atoms with Crippen molar-refractivity contribution in [1.82, 2.24) is 15.6 Å². The lowest BCUT2D eigenvalue weighted by Crippen LogP contribution is -2.52. The molecule has 0 radical (unpaired) electrons. The predicted molar refractivity (Wildman–Crippen MR) is 109 cm³/mol. The Kier molecular flexibility index (Phi) is 5.33. The van der Waals surface area contributed by atoms with E-state index in [4.69, 9.17) is 9.72 Å². The van der Waals surface area contributed by atoms with Crippen LogP contribution in [0, 0.1) is 0 Å². The number of pyridine rings is 1. The first-order valence-electron chi connectivity index (χ1n) is 9.73. The van der Waals surface area contributed by atoms with Gasteiger partial charge < -0.3 is 15.4 Å². The molecule has 1 aliphatic rings. The molecule has 1 aliphatic carbocycles. The van der Waals surface area contributed by atoms with Crippen LogP contribution in [0.15, 0.2) is 30.3 Å². The smallest absolute Gasteiger partial charge is 0.407 e. The highest BCUT2D eigenvalue weighted by atomic mass is 16.6. The van der Waals surface area contributed by atoms with Gasteiger partial charge in [0.15, 0.2) is 0 Å². The number of benzene rings is 1. The first-order valence-corrected chi connectivity index (χ1v) is 9.73. The van der Waals surface area contributed by atoms with Gasteiger partial charge in [0.1, 0.15) is 5.60 Å². The molecular weight excluding hydrogens is 354 g/mol. The number of alkyl carbamates (subject to hydrolysis) is 1. The summed E-state index contributed by atoms with van der Waals surface area (Å²) < 4.78 is 5.26. The Morgan fingerprint density at radius 1 is 1.14 bits per heavy atom. The number of rotatable bonds is 5. The monoisotopic (exact) mass is 383 g/mol. The van der Waals surface area contributed by atoms with E-state index < -0.39 is 17.2 Å². The number of aromatic nitrogens is 1. The van der Waals surface area contributed by atoms with E-state index in [-0.39, 0.29) is 12.5 Å². The maximum atomic E-state index is 13.1. The third-order valence-corrected chi connectivity index (χ3v) is 4.50. The molecule has 0 unspecified atom stereocenters. The fraction of sp³-hybridized carbons (Fsp3) is 0.500. The summed E-state index contributed by atoms with van der Waals surface area (Å²) in [5.41, 5.74) is 1.23. The van der Waals surface area contributed by atoms with Crippen molar-refractivity contribution in [3.8, 4) is 0 Å². The number of fused-ring (bicyclic) bond motifs is 1. The quantitative estimate of drug-likeness (QED) is 0.813. The fourth-order valence-electron chi connectivity index (χ4n) is 3.00. The minimum atomic E-state index is -0.641. The van der Waals surface area contributed by atoms with E-state index in [0.717, 1.165) is 29.4 Å². The van der Waals surface area contributed by atoms with Gasteiger partial charge in [0.25, 0.3) is 5.91 Å². The van der Waals surface area contributed by atoms with Crippen molar-refractivity contribution >= 4 is 22.9 Å². The summed E-state index contributed by atoms with van der Waals surface area (Å²) in [6.45, 7) is 9.43. The molecule has 0 atom stereocenters. The largest absolute Gasteiger partial charge is 0.444 e. The van der Waals surface area contributed by atoms with Crippen LogP contribution < -0.4 is 10.6 Å². The second kappa shape index (κ2) is 7.41. The number of carbonyl (C=O) groups excluding carboxylic acids is 2. The Hall–Kier alpha value is -2.63. The lowest BCUT2D eigenvalue weighted by atomic mass is 10.0. The second-order valence-electron chi connectivity index (χ2n) is 9.08. The number of amides is 2. The van der Waals surface area contributed by atoms with Crippen molar-refractivity contribution in [3.63, 3.8) is 0 Å². The van der Waals surface area contributed by atoms with E-state index in [9.17, 15) is 9.59 Å². The molecule has 1 saturated carbocycles. The molecule has 2 N–H and O–H groups in total. The van der Waals surface area contributed by atoms with Gasteiger partial charge in [-0.3, -0.25) is 9.78 Å². The summed E-state index contributed by atoms with van der Waals surface area (Å²) in [7, 11) is 0. The van der Waals surface area contributed by atoms with E-state index in [1.165, 1.54) is 0 Å². The number of para-hydroxylation sites is 1. The van der Waals surface area contributed by atoms with E-state index >= 15 is 0 Å². The summed E-state index contributed by atoms with van der Waals surface area (Å²) in [6.07, 6.45) is 1.75. The minimum Gasteiger partial charge on any atom is -0.444 e. The van der Waals surface area contributed by atoms with Crippen LogP contribution in [0.1, 0.15) is 69.4 Å². The first-order chi connectivity index (χ1) is 13.0. The van der Waals surface area contributed by atoms with Gasteiger partial charge >= 0.3 is 6.09 Å². The van der Waals surface area contributed by atoms with Gasteiger partial charge in [-0.2, -0.15) is 0 Å². The maximum Gasteiger partial charge on any atom is 0.407 e. The molecule has 3 rings (SSSR count). The van der Waals surface area contributed by atoms with Gasteiger partial charge in [-0.05, 0) is 59.6 Å². The van der Waals surface area contributed by atoms with Crippen molar-refractivity contribution in [2.45, 2.75) is 64.5 Å². The van der Waals surface area contributed by atoms with Crippen LogP contribution >= 0.6 is 0 Å². The summed E-state index contributed by atoms with van der Waals surface area (Å²) >= 11 is 0. The Labute approximate surface area is 166 Å². The summed E-state index contributed by atoms with van der Waals surface area (Å²) in [5.74, 6) is 0.287. The Balaban J connectivity index is 1.74. The zero-order valence-corrected chi connectivity index (χ0v) is 17.3. The molecule has 1 heterocycles. The van der Waals surface area contributed by atoms with Crippen molar-refractivity contribution < 1.29 is 14.3 Å². The van der Waals surface area contributed by atoms with Gasteiger partial charge in [0, 0.05) is 23.5 Å². The number of ether oxygens (including phenoxy) is 1. The highest BCUT2D eigenvalue weighted by Crippen LogP contribution is 2.40. The molecule has 0 spiro atoms. The average molecular weight is 383 g/mol. The third-order valence-electron chi connectivity index (χ3n) is 4.50. The van der Waals surface area contributed by atoms with E-state index in [1.807, 2.05) is 65.0 Å². The topological polar surface area (TPSA) is 80.3 Å². The van der Waals surface area contributed by atoms with Crippen molar-refractivity contribution in [2.75, 3.05) is 6.54 Å². The van der Waals surface area contributed by atoms with Crippen LogP contribution in [-0.4, -0.2) is 34.7 Å². The van der Waals surface area contributed by atoms with Gasteiger partial charge in [0.05, 0.1) is 16.6 Å². The SMILES string of the molecule is CC(C)(CNC(=O)OC(C)(C)C)NC(=O)c1cc(C2CC2)nc2ccccc12. The number of nitrogens with one attached hydrogen (secondary N) is 2. The standard InChI is InChI=1S/C22H29N3O3/c1-21(2,3)28-20(27)23-13-22(4,5)25-19(26)16-12-18(14-10-11-14)24-17-9-7-6-8-15(16)17/h6-9,12,14H,10-11,13H2,1-5H3,(H,23,27)(H,25,26). The molecule has 0 aliphatic heterocycles. The highest BCUT2D eigenvalue weighted by Gasteiger charge is 2.29. The lowest BCUT2D eigenvalue weighted by Gasteiger charge is -2.28. The molecule has 6 heteroatoms. The normalized spacial score (nSPS) is 14.6. The third kappa shape index (κ3) is 5.21. The van der Waals surface area contributed by atoms with Crippen molar-refractivity contribution in [3.05, 3.63) is 41.6 Å². The van der Waals surface area contributed by atoms with Gasteiger partial charge in [-0.1, -0.05) is 18.2 Å². The molecule has 1 aromatic carbocycles. The molecule has 28 heavy (non-hydrogen) atoms. The summed E-state index contributed by atoms with van der Waals surface area (Å²) in [5, 5.41) is 6.59. The molecule has 1 aromatic heterocycles. The van der Waals surface area contributed by atoms with Crippen LogP contribution in [0.25, 0.3) is 10.9 Å². The summed E-state index contributed by atoms with van der Waals surface area (Å²) in [4.78, 5) is 29.7. The van der Waals surface area contributed by atoms with Crippen LogP contribution in [0.4, 0.5) is 4.79 Å². The van der Waals surface area contributed by atoms with Gasteiger partial charge in [-0.25, -0.2) is 4.79 Å². The molecular formula is C22H29N3O3. The fourth-order valence-corrected chi connectivity index (χ4v) is 3.00. The molecule has 0 bridgehead atoms. The number of carbonyl (C=O) groups is 2. The average Bonchev–Trinajstić information content (AvgIpc) is 3.42. The van der Waals surface area contributed by atoms with E-state index in [0.29, 0.717) is 11.5 Å². The minimum absolute atomic E-state index is 0.170. The Morgan fingerprint density at radius 2 is 1.82 bits per heavy atom. The Bertz CT molecular complexity index is 896. The van der Waals surface area contributed by atoms with Crippen LogP contribution in [0.5, 0.6) is 0 Å². The predicted octanol–water partition coefficient (Wildman–Crippen LogP) is 4.15. The van der Waals surface area contributed by atoms with Gasteiger partial charge in [-0.15, -0.1) is 0 Å². The van der Waals surface area contributed by atoms with Gasteiger partial charge in [0.2, 0.25) is 0 Å². The zero-order valence-electron chi connectivity index (χ0n) is 17.3. The van der Waals surface area contributed by atoms with E-state index in [2.05, 4.69) is 10.6 Å².